The lowest BCUT2D eigenvalue weighted by Crippen LogP contribution is -2.24. The van der Waals surface area contributed by atoms with Crippen LogP contribution in [0.15, 0.2) is 90.1 Å². The van der Waals surface area contributed by atoms with Crippen LogP contribution in [0.3, 0.4) is 0 Å². The highest BCUT2D eigenvalue weighted by molar-refractivity contribution is 6.35. The van der Waals surface area contributed by atoms with E-state index in [2.05, 4.69) is 15.3 Å². The first-order chi connectivity index (χ1) is 21.7. The number of hydrogen-bond donors (Lipinski definition) is 1. The zero-order valence-corrected chi connectivity index (χ0v) is 26.2. The monoisotopic (exact) mass is 624 g/mol. The van der Waals surface area contributed by atoms with Gasteiger partial charge in [-0.1, -0.05) is 41.9 Å². The van der Waals surface area contributed by atoms with Gasteiger partial charge in [0, 0.05) is 59.8 Å². The number of likely N-dealkylation sites (N-methyl/N-ethyl adjacent to an activating group) is 1. The number of fused-ring (bicyclic) bond motifs is 1. The van der Waals surface area contributed by atoms with E-state index in [0.29, 0.717) is 46.2 Å². The standard InChI is InChI=1S/C34H33ClN6O4/c1-40(2)14-6-9-26(42)16-22-7-5-8-23(15-22)21-41-32-24(20-37-34(39-32)38-25-10-12-36-13-11-25)17-29(33(41)43)28-18-27(44-3)19-30(45-4)31(28)35/h5-13,15,17-20H,14,16,21H2,1-4H3,(H,36,37,38,39)/b9-6+. The molecule has 0 spiro atoms. The lowest BCUT2D eigenvalue weighted by Gasteiger charge is -2.16. The summed E-state index contributed by atoms with van der Waals surface area (Å²) in [7, 11) is 6.93. The van der Waals surface area contributed by atoms with Gasteiger partial charge in [-0.3, -0.25) is 19.1 Å². The molecule has 1 N–H and O–H groups in total. The van der Waals surface area contributed by atoms with Crippen molar-refractivity contribution in [1.29, 1.82) is 0 Å². The molecule has 3 heterocycles. The third-order valence-electron chi connectivity index (χ3n) is 7.01. The number of anilines is 2. The molecule has 0 aliphatic rings. The number of carbonyl (C=O) groups excluding carboxylic acids is 1. The Labute approximate surface area is 265 Å². The van der Waals surface area contributed by atoms with Gasteiger partial charge in [0.1, 0.15) is 17.1 Å². The zero-order valence-electron chi connectivity index (χ0n) is 25.5. The molecule has 0 bridgehead atoms. The summed E-state index contributed by atoms with van der Waals surface area (Å²) in [5, 5.41) is 4.07. The van der Waals surface area contributed by atoms with Crippen molar-refractivity contribution < 1.29 is 14.3 Å². The van der Waals surface area contributed by atoms with Crippen molar-refractivity contribution in [3.05, 3.63) is 112 Å². The largest absolute Gasteiger partial charge is 0.497 e. The van der Waals surface area contributed by atoms with Crippen molar-refractivity contribution in [2.24, 2.45) is 0 Å². The number of pyridine rings is 2. The molecule has 2 aromatic carbocycles. The van der Waals surface area contributed by atoms with Gasteiger partial charge in [-0.05, 0) is 55.6 Å². The lowest BCUT2D eigenvalue weighted by atomic mass is 10.0. The molecule has 3 aromatic heterocycles. The molecule has 230 valence electrons. The molecule has 0 unspecified atom stereocenters. The van der Waals surface area contributed by atoms with E-state index < -0.39 is 0 Å². The van der Waals surface area contributed by atoms with Crippen LogP contribution < -0.4 is 20.3 Å². The molecule has 10 nitrogen and oxygen atoms in total. The Kier molecular flexibility index (Phi) is 9.86. The lowest BCUT2D eigenvalue weighted by molar-refractivity contribution is -0.114. The van der Waals surface area contributed by atoms with Crippen LogP contribution in [0, 0.1) is 0 Å². The second-order valence-corrected chi connectivity index (χ2v) is 11.0. The molecular formula is C34H33ClN6O4. The number of allylic oxidation sites excluding steroid dienone is 1. The molecule has 5 rings (SSSR count). The van der Waals surface area contributed by atoms with Crippen LogP contribution in [-0.2, 0) is 17.8 Å². The molecule has 5 aromatic rings. The van der Waals surface area contributed by atoms with Gasteiger partial charge in [0.2, 0.25) is 5.95 Å². The molecule has 45 heavy (non-hydrogen) atoms. The number of benzene rings is 2. The fraction of sp³-hybridized carbons (Fsp3) is 0.206. The van der Waals surface area contributed by atoms with E-state index in [1.807, 2.05) is 49.3 Å². The molecule has 0 aliphatic carbocycles. The first-order valence-electron chi connectivity index (χ1n) is 14.2. The Hall–Kier alpha value is -5.06. The number of carbonyl (C=O) groups is 1. The molecule has 0 amide bonds. The molecule has 0 fully saturated rings. The third kappa shape index (κ3) is 7.54. The van der Waals surface area contributed by atoms with Gasteiger partial charge in [-0.2, -0.15) is 4.98 Å². The number of nitrogens with zero attached hydrogens (tertiary/aromatic N) is 5. The van der Waals surface area contributed by atoms with Crippen LogP contribution in [0.25, 0.3) is 22.2 Å². The second-order valence-electron chi connectivity index (χ2n) is 10.6. The number of ether oxygens (including phenoxy) is 2. The highest BCUT2D eigenvalue weighted by atomic mass is 35.5. The minimum Gasteiger partial charge on any atom is -0.497 e. The predicted octanol–water partition coefficient (Wildman–Crippen LogP) is 5.55. The van der Waals surface area contributed by atoms with Crippen molar-refractivity contribution >= 4 is 40.1 Å². The Morgan fingerprint density at radius 2 is 1.80 bits per heavy atom. The van der Waals surface area contributed by atoms with Crippen LogP contribution in [-0.4, -0.2) is 65.1 Å². The van der Waals surface area contributed by atoms with E-state index in [1.54, 1.807) is 59.6 Å². The maximum atomic E-state index is 14.3. The molecule has 0 radical (unpaired) electrons. The minimum atomic E-state index is -0.318. The minimum absolute atomic E-state index is 0.000188. The number of hydrogen-bond acceptors (Lipinski definition) is 9. The summed E-state index contributed by atoms with van der Waals surface area (Å²) in [5.74, 6) is 1.18. The molecule has 11 heteroatoms. The number of rotatable bonds is 12. The van der Waals surface area contributed by atoms with Crippen LogP contribution in [0.2, 0.25) is 5.02 Å². The quantitative estimate of drug-likeness (QED) is 0.179. The number of aromatic nitrogens is 4. The normalized spacial score (nSPS) is 11.3. The zero-order chi connectivity index (χ0) is 31.9. The molecular weight excluding hydrogens is 592 g/mol. The van der Waals surface area contributed by atoms with E-state index >= 15 is 0 Å². The Balaban J connectivity index is 1.60. The van der Waals surface area contributed by atoms with Gasteiger partial charge >= 0.3 is 0 Å². The first kappa shape index (κ1) is 31.4. The maximum absolute atomic E-state index is 14.3. The SMILES string of the molecule is COc1cc(OC)c(Cl)c(-c2cc3cnc(Nc4ccncc4)nc3n(Cc3cccc(CC(=O)/C=C/CN(C)C)c3)c2=O)c1. The number of nitrogens with one attached hydrogen (secondary N) is 1. The number of ketones is 1. The predicted molar refractivity (Wildman–Crippen MR) is 177 cm³/mol. The summed E-state index contributed by atoms with van der Waals surface area (Å²) in [6.45, 7) is 0.868. The van der Waals surface area contributed by atoms with Crippen LogP contribution in [0.4, 0.5) is 11.6 Å². The average molecular weight is 625 g/mol. The highest BCUT2D eigenvalue weighted by Crippen LogP contribution is 2.38. The first-order valence-corrected chi connectivity index (χ1v) is 14.5. The summed E-state index contributed by atoms with van der Waals surface area (Å²) in [4.78, 5) is 42.2. The molecule has 0 saturated carbocycles. The summed E-state index contributed by atoms with van der Waals surface area (Å²) in [5.41, 5.74) is 3.32. The van der Waals surface area contributed by atoms with Crippen molar-refractivity contribution in [3.8, 4) is 22.6 Å². The molecule has 0 aliphatic heterocycles. The average Bonchev–Trinajstić information content (AvgIpc) is 3.03. The van der Waals surface area contributed by atoms with Crippen LogP contribution in [0.1, 0.15) is 11.1 Å². The van der Waals surface area contributed by atoms with Crippen LogP contribution >= 0.6 is 11.6 Å². The van der Waals surface area contributed by atoms with Crippen molar-refractivity contribution in [2.75, 3.05) is 40.2 Å². The second kappa shape index (κ2) is 14.1. The fourth-order valence-corrected chi connectivity index (χ4v) is 5.12. The van der Waals surface area contributed by atoms with Crippen molar-refractivity contribution in [3.63, 3.8) is 0 Å². The molecule has 0 saturated heterocycles. The molecule has 0 atom stereocenters. The van der Waals surface area contributed by atoms with Gasteiger partial charge in [0.15, 0.2) is 5.78 Å². The van der Waals surface area contributed by atoms with E-state index in [4.69, 9.17) is 26.1 Å². The van der Waals surface area contributed by atoms with E-state index in [0.717, 1.165) is 16.8 Å². The van der Waals surface area contributed by atoms with Gasteiger partial charge in [0.05, 0.1) is 25.8 Å². The number of halogens is 1. The van der Waals surface area contributed by atoms with E-state index in [9.17, 15) is 9.59 Å². The Morgan fingerprint density at radius 3 is 2.53 bits per heavy atom. The van der Waals surface area contributed by atoms with Gasteiger partial charge in [-0.25, -0.2) is 4.98 Å². The Bertz CT molecular complexity index is 1920. The summed E-state index contributed by atoms with van der Waals surface area (Å²) in [6, 6.07) is 16.3. The summed E-state index contributed by atoms with van der Waals surface area (Å²) >= 11 is 6.73. The fourth-order valence-electron chi connectivity index (χ4n) is 4.83. The summed E-state index contributed by atoms with van der Waals surface area (Å²) < 4.78 is 12.5. The van der Waals surface area contributed by atoms with Gasteiger partial charge < -0.3 is 19.7 Å². The third-order valence-corrected chi connectivity index (χ3v) is 7.40. The Morgan fingerprint density at radius 1 is 1.02 bits per heavy atom. The van der Waals surface area contributed by atoms with Crippen LogP contribution in [0.5, 0.6) is 11.5 Å². The van der Waals surface area contributed by atoms with E-state index in [-0.39, 0.29) is 29.3 Å². The smallest absolute Gasteiger partial charge is 0.260 e. The van der Waals surface area contributed by atoms with Crippen molar-refractivity contribution in [2.45, 2.75) is 13.0 Å². The topological polar surface area (TPSA) is 111 Å². The highest BCUT2D eigenvalue weighted by Gasteiger charge is 2.19. The van der Waals surface area contributed by atoms with Gasteiger partial charge in [-0.15, -0.1) is 0 Å². The summed E-state index contributed by atoms with van der Waals surface area (Å²) in [6.07, 6.45) is 8.68. The van der Waals surface area contributed by atoms with E-state index in [1.165, 1.54) is 14.2 Å². The maximum Gasteiger partial charge on any atom is 0.260 e. The van der Waals surface area contributed by atoms with Crippen molar-refractivity contribution in [1.82, 2.24) is 24.4 Å². The van der Waals surface area contributed by atoms with Gasteiger partial charge in [0.25, 0.3) is 5.56 Å². The number of methoxy groups -OCH3 is 2.